The maximum absolute atomic E-state index is 13.2. The van der Waals surface area contributed by atoms with Crippen LogP contribution in [0.2, 0.25) is 0 Å². The summed E-state index contributed by atoms with van der Waals surface area (Å²) in [4.78, 5) is 29.0. The lowest BCUT2D eigenvalue weighted by atomic mass is 10.1. The second kappa shape index (κ2) is 13.4. The van der Waals surface area contributed by atoms with E-state index in [1.165, 1.54) is 11.3 Å². The summed E-state index contributed by atoms with van der Waals surface area (Å²) in [7, 11) is 0. The van der Waals surface area contributed by atoms with E-state index in [0.717, 1.165) is 27.1 Å². The molecule has 0 aliphatic carbocycles. The molecule has 1 heterocycles. The van der Waals surface area contributed by atoms with Gasteiger partial charge >= 0.3 is 0 Å². The molecule has 1 aromatic heterocycles. The molecule has 0 saturated carbocycles. The summed E-state index contributed by atoms with van der Waals surface area (Å²) in [6.45, 7) is 10.4. The topological polar surface area (TPSA) is 114 Å². The molecule has 0 saturated heterocycles. The van der Waals surface area contributed by atoms with Crippen LogP contribution < -0.4 is 10.7 Å². The highest BCUT2D eigenvalue weighted by atomic mass is 32.1. The van der Waals surface area contributed by atoms with Gasteiger partial charge in [-0.25, -0.2) is 5.43 Å². The fourth-order valence-electron chi connectivity index (χ4n) is 4.06. The number of carbonyl (C=O) groups is 2. The highest BCUT2D eigenvalue weighted by Crippen LogP contribution is 2.32. The fraction of sp³-hybridized carbons (Fsp3) is 0.345. The van der Waals surface area contributed by atoms with Crippen molar-refractivity contribution >= 4 is 34.4 Å². The number of aliphatic hydroxyl groups excluding tert-OH is 2. The van der Waals surface area contributed by atoms with Crippen LogP contribution in [-0.2, 0) is 6.54 Å². The SMILES string of the molecule is Cc1ccc(C=NNC(=O)c2c(NC(=O)c3cccc(CN(CC(C)O)CC(C)O)c3)sc(C)c2C)cc1. The van der Waals surface area contributed by atoms with Crippen molar-refractivity contribution in [3.63, 3.8) is 0 Å². The molecular weight excluding hydrogens is 500 g/mol. The Bertz CT molecular complexity index is 1270. The number of hydrogen-bond acceptors (Lipinski definition) is 7. The number of nitrogens with zero attached hydrogens (tertiary/aromatic N) is 2. The van der Waals surface area contributed by atoms with Gasteiger partial charge in [0.15, 0.2) is 0 Å². The van der Waals surface area contributed by atoms with Gasteiger partial charge < -0.3 is 15.5 Å². The van der Waals surface area contributed by atoms with E-state index >= 15 is 0 Å². The molecule has 0 radical (unpaired) electrons. The zero-order chi connectivity index (χ0) is 27.8. The normalized spacial score (nSPS) is 13.1. The third-order valence-corrected chi connectivity index (χ3v) is 7.06. The van der Waals surface area contributed by atoms with E-state index in [1.807, 2.05) is 56.0 Å². The molecule has 2 atom stereocenters. The van der Waals surface area contributed by atoms with E-state index in [0.29, 0.717) is 35.8 Å². The molecule has 0 spiro atoms. The Balaban J connectivity index is 1.73. The average molecular weight is 537 g/mol. The first-order valence-corrected chi connectivity index (χ1v) is 13.3. The Morgan fingerprint density at radius 2 is 1.66 bits per heavy atom. The van der Waals surface area contributed by atoms with Crippen LogP contribution in [0.25, 0.3) is 0 Å². The van der Waals surface area contributed by atoms with E-state index in [2.05, 4.69) is 15.8 Å². The van der Waals surface area contributed by atoms with Gasteiger partial charge in [0.25, 0.3) is 11.8 Å². The molecule has 4 N–H and O–H groups in total. The van der Waals surface area contributed by atoms with Gasteiger partial charge in [-0.1, -0.05) is 42.0 Å². The Morgan fingerprint density at radius 3 is 2.29 bits per heavy atom. The smallest absolute Gasteiger partial charge is 0.274 e. The molecule has 202 valence electrons. The summed E-state index contributed by atoms with van der Waals surface area (Å²) < 4.78 is 0. The Labute approximate surface area is 228 Å². The second-order valence-corrected chi connectivity index (χ2v) is 10.9. The fourth-order valence-corrected chi connectivity index (χ4v) is 5.11. The van der Waals surface area contributed by atoms with Gasteiger partial charge in [-0.2, -0.15) is 5.10 Å². The average Bonchev–Trinajstić information content (AvgIpc) is 3.12. The number of nitrogens with one attached hydrogen (secondary N) is 2. The first-order chi connectivity index (χ1) is 18.0. The molecule has 8 nitrogen and oxygen atoms in total. The number of hydrazone groups is 1. The molecule has 0 bridgehead atoms. The van der Waals surface area contributed by atoms with Crippen molar-refractivity contribution in [2.24, 2.45) is 5.10 Å². The van der Waals surface area contributed by atoms with Crippen molar-refractivity contribution in [1.29, 1.82) is 0 Å². The molecule has 0 aliphatic heterocycles. The predicted octanol–water partition coefficient (Wildman–Crippen LogP) is 4.25. The molecule has 3 aromatic rings. The summed E-state index contributed by atoms with van der Waals surface area (Å²) in [5.74, 6) is -0.728. The van der Waals surface area contributed by atoms with Gasteiger partial charge in [-0.3, -0.25) is 14.5 Å². The number of thiophene rings is 1. The van der Waals surface area contributed by atoms with Gasteiger partial charge in [0.2, 0.25) is 0 Å². The molecule has 2 aromatic carbocycles. The number of benzene rings is 2. The molecule has 2 amide bonds. The number of carbonyl (C=O) groups excluding carboxylic acids is 2. The lowest BCUT2D eigenvalue weighted by Gasteiger charge is -2.25. The molecule has 2 unspecified atom stereocenters. The molecule has 9 heteroatoms. The van der Waals surface area contributed by atoms with Crippen LogP contribution in [-0.4, -0.2) is 58.4 Å². The molecule has 38 heavy (non-hydrogen) atoms. The summed E-state index contributed by atoms with van der Waals surface area (Å²) in [6.07, 6.45) is 0.487. The van der Waals surface area contributed by atoms with Crippen LogP contribution in [0.5, 0.6) is 0 Å². The summed E-state index contributed by atoms with van der Waals surface area (Å²) >= 11 is 1.34. The maximum atomic E-state index is 13.2. The van der Waals surface area contributed by atoms with E-state index in [9.17, 15) is 19.8 Å². The minimum absolute atomic E-state index is 0.331. The number of amides is 2. The van der Waals surface area contributed by atoms with Gasteiger partial charge in [0.1, 0.15) is 5.00 Å². The first-order valence-electron chi connectivity index (χ1n) is 12.5. The van der Waals surface area contributed by atoms with Crippen LogP contribution >= 0.6 is 11.3 Å². The summed E-state index contributed by atoms with van der Waals surface area (Å²) in [5, 5.41) is 27.1. The standard InChI is InChI=1S/C29H36N4O4S/c1-18-9-11-23(12-10-18)14-30-32-28(37)26-21(4)22(5)38-29(26)31-27(36)25-8-6-7-24(13-25)17-33(15-19(2)34)16-20(3)35/h6-14,19-20,34-35H,15-17H2,1-5H3,(H,31,36)(H,32,37). The number of rotatable bonds is 11. The Hall–Kier alpha value is -3.37. The molecule has 3 rings (SSSR count). The van der Waals surface area contributed by atoms with Crippen LogP contribution in [0, 0.1) is 20.8 Å². The number of anilines is 1. The van der Waals surface area contributed by atoms with Gasteiger partial charge in [0.05, 0.1) is 24.0 Å². The minimum atomic E-state index is -0.545. The second-order valence-electron chi connectivity index (χ2n) is 9.64. The maximum Gasteiger partial charge on any atom is 0.274 e. The zero-order valence-corrected chi connectivity index (χ0v) is 23.3. The first kappa shape index (κ1) is 29.2. The van der Waals surface area contributed by atoms with Crippen LogP contribution in [0.1, 0.15) is 61.7 Å². The predicted molar refractivity (Wildman–Crippen MR) is 153 cm³/mol. The van der Waals surface area contributed by atoms with Crippen LogP contribution in [0.3, 0.4) is 0 Å². The highest BCUT2D eigenvalue weighted by Gasteiger charge is 2.22. The molecule has 0 aliphatic rings. The quantitative estimate of drug-likeness (QED) is 0.216. The van der Waals surface area contributed by atoms with E-state index in [1.54, 1.807) is 38.3 Å². The molecular formula is C29H36N4O4S. The van der Waals surface area contributed by atoms with E-state index in [4.69, 9.17) is 0 Å². The van der Waals surface area contributed by atoms with Crippen molar-refractivity contribution in [2.45, 2.75) is 53.4 Å². The number of hydrogen-bond donors (Lipinski definition) is 4. The van der Waals surface area contributed by atoms with Gasteiger partial charge in [-0.15, -0.1) is 11.3 Å². The van der Waals surface area contributed by atoms with E-state index in [-0.39, 0.29) is 5.91 Å². The van der Waals surface area contributed by atoms with Crippen LogP contribution in [0.4, 0.5) is 5.00 Å². The van der Waals surface area contributed by atoms with Crippen molar-refractivity contribution < 1.29 is 19.8 Å². The van der Waals surface area contributed by atoms with Crippen molar-refractivity contribution in [2.75, 3.05) is 18.4 Å². The monoisotopic (exact) mass is 536 g/mol. The van der Waals surface area contributed by atoms with Crippen molar-refractivity contribution in [3.8, 4) is 0 Å². The lowest BCUT2D eigenvalue weighted by molar-refractivity contribution is 0.0793. The van der Waals surface area contributed by atoms with Crippen LogP contribution in [0.15, 0.2) is 53.6 Å². The van der Waals surface area contributed by atoms with E-state index < -0.39 is 18.1 Å². The van der Waals surface area contributed by atoms with Crippen molar-refractivity contribution in [3.05, 3.63) is 86.8 Å². The van der Waals surface area contributed by atoms with Gasteiger partial charge in [-0.05, 0) is 63.4 Å². The minimum Gasteiger partial charge on any atom is -0.392 e. The third-order valence-electron chi connectivity index (χ3n) is 5.94. The molecule has 0 fully saturated rings. The largest absolute Gasteiger partial charge is 0.392 e. The summed E-state index contributed by atoms with van der Waals surface area (Å²) in [6, 6.07) is 15.0. The zero-order valence-electron chi connectivity index (χ0n) is 22.5. The van der Waals surface area contributed by atoms with Crippen molar-refractivity contribution in [1.82, 2.24) is 10.3 Å². The number of aryl methyl sites for hydroxylation is 2. The Morgan fingerprint density at radius 1 is 1.00 bits per heavy atom. The third kappa shape index (κ3) is 8.32. The Kier molecular flexibility index (Phi) is 10.3. The number of aliphatic hydroxyl groups is 2. The lowest BCUT2D eigenvalue weighted by Crippen LogP contribution is -2.35. The van der Waals surface area contributed by atoms with Gasteiger partial charge in [0, 0.05) is 30.1 Å². The summed E-state index contributed by atoms with van der Waals surface area (Å²) in [5.41, 5.74) is 7.07. The highest BCUT2D eigenvalue weighted by molar-refractivity contribution is 7.16.